The number of rotatable bonds is 3. The number of hydrogen-bond acceptors (Lipinski definition) is 4. The summed E-state index contributed by atoms with van der Waals surface area (Å²) in [7, 11) is 2.48. The van der Waals surface area contributed by atoms with Gasteiger partial charge in [-0.1, -0.05) is 13.0 Å². The number of carbonyl (C=O) groups excluding carboxylic acids is 1. The zero-order valence-corrected chi connectivity index (χ0v) is 14.1. The van der Waals surface area contributed by atoms with Crippen LogP contribution in [0.2, 0.25) is 0 Å². The molecule has 0 N–H and O–H groups in total. The maximum atomic E-state index is 12.1. The molecule has 1 saturated heterocycles. The molecule has 0 radical (unpaired) electrons. The van der Waals surface area contributed by atoms with E-state index in [-0.39, 0.29) is 18.1 Å². The number of fused-ring (bicyclic) bond motifs is 3. The molecule has 3 rings (SSSR count). The van der Waals surface area contributed by atoms with Gasteiger partial charge in [-0.15, -0.1) is 0 Å². The van der Waals surface area contributed by atoms with Crippen molar-refractivity contribution in [3.63, 3.8) is 0 Å². The van der Waals surface area contributed by atoms with E-state index in [1.807, 2.05) is 17.9 Å². The first kappa shape index (κ1) is 15.1. The number of ether oxygens (including phenoxy) is 1. The maximum absolute atomic E-state index is 12.1. The van der Waals surface area contributed by atoms with Crippen molar-refractivity contribution >= 4 is 26.0 Å². The Hall–Kier alpha value is -0.770. The highest BCUT2D eigenvalue weighted by atomic mass is 32.7. The molecular weight excluding hydrogens is 304 g/mol. The summed E-state index contributed by atoms with van der Waals surface area (Å²) in [6.07, 6.45) is 2.50. The van der Waals surface area contributed by atoms with Crippen LogP contribution in [0.4, 0.5) is 0 Å². The summed E-state index contributed by atoms with van der Waals surface area (Å²) in [6.45, 7) is 3.24. The van der Waals surface area contributed by atoms with Crippen molar-refractivity contribution in [2.45, 2.75) is 38.3 Å². The fourth-order valence-electron chi connectivity index (χ4n) is 3.31. The maximum Gasteiger partial charge on any atom is 0.222 e. The predicted molar refractivity (Wildman–Crippen MR) is 87.2 cm³/mol. The van der Waals surface area contributed by atoms with Crippen molar-refractivity contribution in [3.8, 4) is 5.75 Å². The number of morpholine rings is 1. The Kier molecular flexibility index (Phi) is 4.72. The second-order valence-electron chi connectivity index (χ2n) is 5.38. The first-order valence-corrected chi connectivity index (χ1v) is 9.53. The molecule has 6 heteroatoms. The number of hydrogen-bond donors (Lipinski definition) is 0. The highest BCUT2D eigenvalue weighted by Crippen LogP contribution is 2.40. The first-order chi connectivity index (χ1) is 10.2. The summed E-state index contributed by atoms with van der Waals surface area (Å²) < 4.78 is 11.5. The molecule has 1 heterocycles. The normalized spacial score (nSPS) is 24.2. The van der Waals surface area contributed by atoms with Crippen LogP contribution in [0.15, 0.2) is 18.2 Å². The van der Waals surface area contributed by atoms with Gasteiger partial charge in [-0.25, -0.2) is 0 Å². The third kappa shape index (κ3) is 2.92. The van der Waals surface area contributed by atoms with E-state index in [0.717, 1.165) is 18.6 Å². The molecule has 1 fully saturated rings. The largest absolute Gasteiger partial charge is 0.422 e. The molecule has 1 aliphatic carbocycles. The van der Waals surface area contributed by atoms with Crippen LogP contribution in [0, 0.1) is 0 Å². The van der Waals surface area contributed by atoms with Crippen molar-refractivity contribution in [1.29, 1.82) is 0 Å². The molecule has 1 aromatic rings. The molecule has 0 bridgehead atoms. The zero-order chi connectivity index (χ0) is 14.8. The Bertz CT molecular complexity index is 540. The van der Waals surface area contributed by atoms with E-state index < -0.39 is 0 Å². The van der Waals surface area contributed by atoms with Crippen LogP contribution in [0.25, 0.3) is 0 Å². The standard InChI is InChI=1S/C15H20NO3PS/c1-2-14(17)16-7-8-18-15-12-9-11(19-21-20)5-3-10(12)4-6-13(15)16/h3,5,9,13,15H,2,4,6-8,20H2,1H3/t13-,15-/m1/s1/i1-1. The number of carbonyl (C=O) groups is 1. The SMILES string of the molecule is [11CH3]CC(=O)N1CCO[C@@H]2c3cc(OSP)ccc3CC[C@H]21. The molecule has 0 spiro atoms. The highest BCUT2D eigenvalue weighted by Gasteiger charge is 2.39. The molecule has 1 amide bonds. The van der Waals surface area contributed by atoms with Gasteiger partial charge >= 0.3 is 0 Å². The third-order valence-corrected chi connectivity index (χ3v) is 4.86. The summed E-state index contributed by atoms with van der Waals surface area (Å²) in [5.74, 6) is 1.06. The monoisotopic (exact) mass is 324 g/mol. The first-order valence-electron chi connectivity index (χ1n) is 7.32. The van der Waals surface area contributed by atoms with Crippen molar-refractivity contribution in [3.05, 3.63) is 29.3 Å². The van der Waals surface area contributed by atoms with E-state index in [2.05, 4.69) is 20.6 Å². The van der Waals surface area contributed by atoms with Crippen LogP contribution in [-0.2, 0) is 16.0 Å². The Morgan fingerprint density at radius 3 is 3.19 bits per heavy atom. The van der Waals surface area contributed by atoms with Crippen molar-refractivity contribution in [2.24, 2.45) is 0 Å². The highest BCUT2D eigenvalue weighted by molar-refractivity contribution is 8.41. The van der Waals surface area contributed by atoms with Gasteiger partial charge in [-0.05, 0) is 44.5 Å². The van der Waals surface area contributed by atoms with E-state index in [1.165, 1.54) is 22.8 Å². The molecule has 1 unspecified atom stereocenters. The summed E-state index contributed by atoms with van der Waals surface area (Å²) in [6, 6.07) is 6.33. The Balaban J connectivity index is 1.90. The Morgan fingerprint density at radius 1 is 1.57 bits per heavy atom. The second kappa shape index (κ2) is 6.55. The lowest BCUT2D eigenvalue weighted by Crippen LogP contribution is -2.51. The van der Waals surface area contributed by atoms with Crippen molar-refractivity contribution < 1.29 is 13.7 Å². The minimum Gasteiger partial charge on any atom is -0.422 e. The fraction of sp³-hybridized carbons (Fsp3) is 0.533. The van der Waals surface area contributed by atoms with E-state index in [0.29, 0.717) is 19.6 Å². The molecule has 4 nitrogen and oxygen atoms in total. The van der Waals surface area contributed by atoms with Gasteiger partial charge in [0.1, 0.15) is 11.9 Å². The molecular formula is C15H20NO3PS. The summed E-state index contributed by atoms with van der Waals surface area (Å²) in [5, 5.41) is 0. The van der Waals surface area contributed by atoms with Crippen LogP contribution < -0.4 is 4.18 Å². The van der Waals surface area contributed by atoms with E-state index >= 15 is 0 Å². The molecule has 0 aromatic heterocycles. The lowest BCUT2D eigenvalue weighted by molar-refractivity contribution is -0.147. The van der Waals surface area contributed by atoms with E-state index in [1.54, 1.807) is 0 Å². The molecule has 1 aromatic carbocycles. The van der Waals surface area contributed by atoms with Crippen LogP contribution in [0.1, 0.15) is 37.0 Å². The fourth-order valence-corrected chi connectivity index (χ4v) is 3.86. The topological polar surface area (TPSA) is 38.8 Å². The smallest absolute Gasteiger partial charge is 0.222 e. The molecule has 114 valence electrons. The quantitative estimate of drug-likeness (QED) is 0.632. The van der Waals surface area contributed by atoms with Crippen LogP contribution >= 0.6 is 20.1 Å². The zero-order valence-electron chi connectivity index (χ0n) is 12.1. The van der Waals surface area contributed by atoms with Gasteiger partial charge in [0.25, 0.3) is 0 Å². The van der Waals surface area contributed by atoms with Gasteiger partial charge in [0.2, 0.25) is 5.91 Å². The van der Waals surface area contributed by atoms with Gasteiger partial charge < -0.3 is 13.8 Å². The summed E-state index contributed by atoms with van der Waals surface area (Å²) >= 11 is 1.26. The summed E-state index contributed by atoms with van der Waals surface area (Å²) in [4.78, 5) is 14.2. The van der Waals surface area contributed by atoms with E-state index in [4.69, 9.17) is 8.92 Å². The Labute approximate surface area is 131 Å². The van der Waals surface area contributed by atoms with Gasteiger partial charge in [-0.2, -0.15) is 0 Å². The molecule has 0 saturated carbocycles. The molecule has 21 heavy (non-hydrogen) atoms. The lowest BCUT2D eigenvalue weighted by Gasteiger charge is -2.44. The third-order valence-electron chi connectivity index (χ3n) is 4.28. The van der Waals surface area contributed by atoms with Crippen LogP contribution in [-0.4, -0.2) is 30.0 Å². The van der Waals surface area contributed by atoms with Crippen LogP contribution in [0.5, 0.6) is 5.75 Å². The number of nitrogens with zero attached hydrogens (tertiary/aromatic N) is 1. The summed E-state index contributed by atoms with van der Waals surface area (Å²) in [5.41, 5.74) is 2.49. The van der Waals surface area contributed by atoms with Crippen molar-refractivity contribution in [1.82, 2.24) is 4.90 Å². The average molecular weight is 324 g/mol. The molecule has 3 atom stereocenters. The van der Waals surface area contributed by atoms with Gasteiger partial charge in [0, 0.05) is 13.0 Å². The predicted octanol–water partition coefficient (Wildman–Crippen LogP) is 3.13. The van der Waals surface area contributed by atoms with Crippen LogP contribution in [0.3, 0.4) is 0 Å². The van der Waals surface area contributed by atoms with Gasteiger partial charge in [-0.3, -0.25) is 4.79 Å². The van der Waals surface area contributed by atoms with E-state index in [9.17, 15) is 4.79 Å². The Morgan fingerprint density at radius 2 is 2.43 bits per heavy atom. The second-order valence-corrected chi connectivity index (χ2v) is 6.31. The number of aryl methyl sites for hydroxylation is 1. The average Bonchev–Trinajstić information content (AvgIpc) is 2.53. The van der Waals surface area contributed by atoms with Crippen molar-refractivity contribution in [2.75, 3.05) is 13.2 Å². The minimum absolute atomic E-state index is 0.0175. The van der Waals surface area contributed by atoms with Gasteiger partial charge in [0.05, 0.1) is 24.3 Å². The lowest BCUT2D eigenvalue weighted by atomic mass is 9.83. The minimum atomic E-state index is -0.0175. The number of benzene rings is 1. The molecule has 2 aliphatic rings. The number of amides is 1. The molecule has 1 aliphatic heterocycles. The van der Waals surface area contributed by atoms with Gasteiger partial charge in [0.15, 0.2) is 0 Å².